The lowest BCUT2D eigenvalue weighted by Gasteiger charge is -2.19. The van der Waals surface area contributed by atoms with Gasteiger partial charge in [0.1, 0.15) is 5.75 Å². The number of hydrogen-bond acceptors (Lipinski definition) is 3. The van der Waals surface area contributed by atoms with Gasteiger partial charge in [0.2, 0.25) is 0 Å². The summed E-state index contributed by atoms with van der Waals surface area (Å²) in [5.41, 5.74) is 2.29. The molecule has 0 heterocycles. The van der Waals surface area contributed by atoms with Gasteiger partial charge < -0.3 is 4.74 Å². The predicted molar refractivity (Wildman–Crippen MR) is 98.6 cm³/mol. The van der Waals surface area contributed by atoms with E-state index in [-0.39, 0.29) is 11.9 Å². The van der Waals surface area contributed by atoms with Gasteiger partial charge >= 0.3 is 5.97 Å². The maximum absolute atomic E-state index is 12.3. The molecule has 0 amide bonds. The lowest BCUT2D eigenvalue weighted by Crippen LogP contribution is -2.22. The van der Waals surface area contributed by atoms with Crippen LogP contribution in [-0.4, -0.2) is 5.97 Å². The number of nitriles is 1. The van der Waals surface area contributed by atoms with Crippen molar-refractivity contribution in [2.45, 2.75) is 32.1 Å². The van der Waals surface area contributed by atoms with E-state index in [1.807, 2.05) is 48.5 Å². The average molecular weight is 331 g/mol. The summed E-state index contributed by atoms with van der Waals surface area (Å²) in [6, 6.07) is 19.1. The number of rotatable bonds is 4. The van der Waals surface area contributed by atoms with Gasteiger partial charge in [0.05, 0.1) is 17.6 Å². The van der Waals surface area contributed by atoms with Crippen molar-refractivity contribution in [3.63, 3.8) is 0 Å². The Morgan fingerprint density at radius 1 is 1.04 bits per heavy atom. The Labute approximate surface area is 148 Å². The number of benzene rings is 2. The van der Waals surface area contributed by atoms with Gasteiger partial charge in [-0.15, -0.1) is 0 Å². The van der Waals surface area contributed by atoms with Gasteiger partial charge in [-0.3, -0.25) is 4.79 Å². The summed E-state index contributed by atoms with van der Waals surface area (Å²) in [5.74, 6) is 0.422. The SMILES string of the molecule is N#C/C(=C/c1cccc(OC(=O)C2CCCCC2)c1)c1ccccc1. The van der Waals surface area contributed by atoms with Crippen LogP contribution >= 0.6 is 0 Å². The Morgan fingerprint density at radius 2 is 1.80 bits per heavy atom. The number of nitrogens with zero attached hydrogens (tertiary/aromatic N) is 1. The fourth-order valence-electron chi connectivity index (χ4n) is 3.17. The van der Waals surface area contributed by atoms with Crippen molar-refractivity contribution < 1.29 is 9.53 Å². The summed E-state index contributed by atoms with van der Waals surface area (Å²) < 4.78 is 5.56. The highest BCUT2D eigenvalue weighted by molar-refractivity contribution is 5.89. The van der Waals surface area contributed by atoms with Crippen molar-refractivity contribution in [3.05, 3.63) is 65.7 Å². The Kier molecular flexibility index (Phi) is 5.64. The molecule has 0 unspecified atom stereocenters. The van der Waals surface area contributed by atoms with Gasteiger partial charge in [0.25, 0.3) is 0 Å². The first kappa shape index (κ1) is 17.0. The summed E-state index contributed by atoms with van der Waals surface area (Å²) in [6.07, 6.45) is 7.07. The number of allylic oxidation sites excluding steroid dienone is 1. The van der Waals surface area contributed by atoms with Crippen LogP contribution in [0.4, 0.5) is 0 Å². The van der Waals surface area contributed by atoms with E-state index in [2.05, 4.69) is 6.07 Å². The molecule has 3 heteroatoms. The third-order valence-corrected chi connectivity index (χ3v) is 4.53. The second kappa shape index (κ2) is 8.30. The fourth-order valence-corrected chi connectivity index (χ4v) is 3.17. The van der Waals surface area contributed by atoms with E-state index in [1.54, 1.807) is 12.1 Å². The van der Waals surface area contributed by atoms with Crippen molar-refractivity contribution >= 4 is 17.6 Å². The minimum atomic E-state index is -0.135. The molecule has 3 rings (SSSR count). The molecule has 1 saturated carbocycles. The lowest BCUT2D eigenvalue weighted by molar-refractivity contribution is -0.139. The van der Waals surface area contributed by atoms with Crippen LogP contribution in [0.5, 0.6) is 5.75 Å². The number of ether oxygens (including phenoxy) is 1. The Hall–Kier alpha value is -2.86. The van der Waals surface area contributed by atoms with Gasteiger partial charge in [-0.1, -0.05) is 61.7 Å². The van der Waals surface area contributed by atoms with Crippen LogP contribution in [0.2, 0.25) is 0 Å². The Bertz CT molecular complexity index is 796. The topological polar surface area (TPSA) is 50.1 Å². The zero-order valence-corrected chi connectivity index (χ0v) is 14.2. The van der Waals surface area contributed by atoms with Gasteiger partial charge in [-0.05, 0) is 42.2 Å². The largest absolute Gasteiger partial charge is 0.426 e. The third kappa shape index (κ3) is 4.58. The number of hydrogen-bond donors (Lipinski definition) is 0. The van der Waals surface area contributed by atoms with Crippen molar-refractivity contribution in [2.75, 3.05) is 0 Å². The molecule has 0 aromatic heterocycles. The van der Waals surface area contributed by atoms with E-state index in [0.717, 1.165) is 36.8 Å². The summed E-state index contributed by atoms with van der Waals surface area (Å²) in [7, 11) is 0. The molecule has 1 aliphatic rings. The molecular weight excluding hydrogens is 310 g/mol. The normalized spacial score (nSPS) is 15.4. The second-order valence-electron chi connectivity index (χ2n) is 6.36. The first-order valence-electron chi connectivity index (χ1n) is 8.75. The smallest absolute Gasteiger partial charge is 0.314 e. The molecule has 0 saturated heterocycles. The molecule has 0 radical (unpaired) electrons. The quantitative estimate of drug-likeness (QED) is 0.333. The van der Waals surface area contributed by atoms with Crippen molar-refractivity contribution in [1.82, 2.24) is 0 Å². The van der Waals surface area contributed by atoms with Crippen LogP contribution in [0.15, 0.2) is 54.6 Å². The molecule has 1 fully saturated rings. The highest BCUT2D eigenvalue weighted by Crippen LogP contribution is 2.26. The maximum Gasteiger partial charge on any atom is 0.314 e. The summed E-state index contributed by atoms with van der Waals surface area (Å²) in [4.78, 5) is 12.3. The average Bonchev–Trinajstić information content (AvgIpc) is 2.68. The Balaban J connectivity index is 1.76. The van der Waals surface area contributed by atoms with Crippen molar-refractivity contribution in [2.24, 2.45) is 5.92 Å². The van der Waals surface area contributed by atoms with Crippen LogP contribution in [0.1, 0.15) is 43.2 Å². The van der Waals surface area contributed by atoms with Gasteiger partial charge in [-0.25, -0.2) is 0 Å². The van der Waals surface area contributed by atoms with Crippen LogP contribution in [0, 0.1) is 17.2 Å². The third-order valence-electron chi connectivity index (χ3n) is 4.53. The highest BCUT2D eigenvalue weighted by Gasteiger charge is 2.22. The molecule has 1 aliphatic carbocycles. The van der Waals surface area contributed by atoms with E-state index in [4.69, 9.17) is 4.74 Å². The first-order chi connectivity index (χ1) is 12.3. The summed E-state index contributed by atoms with van der Waals surface area (Å²) >= 11 is 0. The maximum atomic E-state index is 12.3. The molecule has 0 aliphatic heterocycles. The molecule has 3 nitrogen and oxygen atoms in total. The summed E-state index contributed by atoms with van der Waals surface area (Å²) in [5, 5.41) is 9.42. The van der Waals surface area contributed by atoms with Crippen molar-refractivity contribution in [1.29, 1.82) is 5.26 Å². The standard InChI is InChI=1S/C22H21NO2/c23-16-20(18-9-3-1-4-10-18)14-17-8-7-13-21(15-17)25-22(24)19-11-5-2-6-12-19/h1,3-4,7-10,13-15,19H,2,5-6,11-12H2/b20-14-. The lowest BCUT2D eigenvalue weighted by atomic mass is 9.89. The van der Waals surface area contributed by atoms with Gasteiger partial charge in [0.15, 0.2) is 0 Å². The molecular formula is C22H21NO2. The van der Waals surface area contributed by atoms with E-state index in [0.29, 0.717) is 11.3 Å². The zero-order valence-electron chi connectivity index (χ0n) is 14.2. The molecule has 2 aromatic carbocycles. The Morgan fingerprint density at radius 3 is 2.52 bits per heavy atom. The minimum absolute atomic E-state index is 0.0203. The zero-order chi connectivity index (χ0) is 17.5. The number of carbonyl (C=O) groups excluding carboxylic acids is 1. The second-order valence-corrected chi connectivity index (χ2v) is 6.36. The van der Waals surface area contributed by atoms with E-state index in [9.17, 15) is 10.1 Å². The minimum Gasteiger partial charge on any atom is -0.426 e. The van der Waals surface area contributed by atoms with Crippen molar-refractivity contribution in [3.8, 4) is 11.8 Å². The van der Waals surface area contributed by atoms with E-state index in [1.165, 1.54) is 6.42 Å². The predicted octanol–water partition coefficient (Wildman–Crippen LogP) is 5.24. The van der Waals surface area contributed by atoms with Crippen LogP contribution in [-0.2, 0) is 4.79 Å². The van der Waals surface area contributed by atoms with E-state index < -0.39 is 0 Å². The van der Waals surface area contributed by atoms with Crippen LogP contribution in [0.3, 0.4) is 0 Å². The first-order valence-corrected chi connectivity index (χ1v) is 8.75. The van der Waals surface area contributed by atoms with E-state index >= 15 is 0 Å². The molecule has 25 heavy (non-hydrogen) atoms. The molecule has 0 atom stereocenters. The molecule has 0 N–H and O–H groups in total. The van der Waals surface area contributed by atoms with Gasteiger partial charge in [0, 0.05) is 0 Å². The van der Waals surface area contributed by atoms with Crippen LogP contribution in [0.25, 0.3) is 11.6 Å². The molecule has 126 valence electrons. The highest BCUT2D eigenvalue weighted by atomic mass is 16.5. The summed E-state index contributed by atoms with van der Waals surface area (Å²) in [6.45, 7) is 0. The number of esters is 1. The molecule has 2 aromatic rings. The number of carbonyl (C=O) groups is 1. The molecule has 0 spiro atoms. The monoisotopic (exact) mass is 331 g/mol. The fraction of sp³-hybridized carbons (Fsp3) is 0.273. The van der Waals surface area contributed by atoms with Crippen LogP contribution < -0.4 is 4.74 Å². The van der Waals surface area contributed by atoms with Gasteiger partial charge in [-0.2, -0.15) is 5.26 Å². The molecule has 0 bridgehead atoms.